The van der Waals surface area contributed by atoms with Gasteiger partial charge in [0.15, 0.2) is 0 Å². The molecular weight excluding hydrogens is 172 g/mol. The SMILES string of the molecule is CNC1CNCC1c1ccc(C)cc1. The normalized spacial score (nSPS) is 26.7. The van der Waals surface area contributed by atoms with Crippen molar-refractivity contribution < 1.29 is 0 Å². The molecule has 0 amide bonds. The molecule has 0 spiro atoms. The number of hydrogen-bond acceptors (Lipinski definition) is 2. The van der Waals surface area contributed by atoms with Gasteiger partial charge in [0.25, 0.3) is 0 Å². The van der Waals surface area contributed by atoms with Crippen LogP contribution in [0.25, 0.3) is 0 Å². The topological polar surface area (TPSA) is 24.1 Å². The van der Waals surface area contributed by atoms with Crippen LogP contribution in [0.4, 0.5) is 0 Å². The molecule has 1 aromatic carbocycles. The first-order chi connectivity index (χ1) is 6.81. The average Bonchev–Trinajstić information content (AvgIpc) is 2.67. The van der Waals surface area contributed by atoms with Crippen LogP contribution in [0.1, 0.15) is 17.0 Å². The van der Waals surface area contributed by atoms with Crippen LogP contribution < -0.4 is 10.6 Å². The van der Waals surface area contributed by atoms with E-state index in [9.17, 15) is 0 Å². The summed E-state index contributed by atoms with van der Waals surface area (Å²) in [6.07, 6.45) is 0. The zero-order valence-corrected chi connectivity index (χ0v) is 8.88. The van der Waals surface area contributed by atoms with Gasteiger partial charge in [0.2, 0.25) is 0 Å². The molecule has 0 aliphatic carbocycles. The van der Waals surface area contributed by atoms with E-state index in [1.54, 1.807) is 0 Å². The van der Waals surface area contributed by atoms with Crippen molar-refractivity contribution in [1.29, 1.82) is 0 Å². The molecule has 2 unspecified atom stereocenters. The van der Waals surface area contributed by atoms with Crippen molar-refractivity contribution in [2.75, 3.05) is 20.1 Å². The van der Waals surface area contributed by atoms with Crippen molar-refractivity contribution in [3.05, 3.63) is 35.4 Å². The molecule has 1 fully saturated rings. The number of aryl methyl sites for hydroxylation is 1. The summed E-state index contributed by atoms with van der Waals surface area (Å²) in [5.41, 5.74) is 2.78. The third-order valence-electron chi connectivity index (χ3n) is 3.09. The molecule has 2 rings (SSSR count). The summed E-state index contributed by atoms with van der Waals surface area (Å²) in [6.45, 7) is 4.30. The van der Waals surface area contributed by atoms with Gasteiger partial charge in [0.1, 0.15) is 0 Å². The molecule has 76 valence electrons. The lowest BCUT2D eigenvalue weighted by atomic mass is 9.94. The maximum atomic E-state index is 3.42. The molecule has 1 aliphatic rings. The first-order valence-electron chi connectivity index (χ1n) is 5.26. The number of nitrogens with one attached hydrogen (secondary N) is 2. The van der Waals surface area contributed by atoms with Crippen molar-refractivity contribution in [1.82, 2.24) is 10.6 Å². The third kappa shape index (κ3) is 1.81. The highest BCUT2D eigenvalue weighted by atomic mass is 15.0. The van der Waals surface area contributed by atoms with Crippen molar-refractivity contribution in [3.63, 3.8) is 0 Å². The lowest BCUT2D eigenvalue weighted by Gasteiger charge is -2.18. The highest BCUT2D eigenvalue weighted by Gasteiger charge is 2.26. The molecule has 0 saturated carbocycles. The van der Waals surface area contributed by atoms with Crippen LogP contribution in [0.3, 0.4) is 0 Å². The Labute approximate surface area is 85.7 Å². The predicted molar refractivity (Wildman–Crippen MR) is 59.6 cm³/mol. The molecule has 0 bridgehead atoms. The Morgan fingerprint density at radius 2 is 1.93 bits per heavy atom. The first kappa shape index (κ1) is 9.69. The van der Waals surface area contributed by atoms with E-state index < -0.39 is 0 Å². The minimum Gasteiger partial charge on any atom is -0.315 e. The van der Waals surface area contributed by atoms with Crippen LogP contribution in [-0.2, 0) is 0 Å². The van der Waals surface area contributed by atoms with Crippen LogP contribution in [0.5, 0.6) is 0 Å². The minimum absolute atomic E-state index is 0.581. The van der Waals surface area contributed by atoms with Gasteiger partial charge in [0.05, 0.1) is 0 Å². The van der Waals surface area contributed by atoms with Crippen LogP contribution in [0.2, 0.25) is 0 Å². The van der Waals surface area contributed by atoms with Gasteiger partial charge >= 0.3 is 0 Å². The second kappa shape index (κ2) is 4.11. The fraction of sp³-hybridized carbons (Fsp3) is 0.500. The summed E-state index contributed by atoms with van der Waals surface area (Å²) in [5.74, 6) is 0.626. The van der Waals surface area contributed by atoms with E-state index in [-0.39, 0.29) is 0 Å². The summed E-state index contributed by atoms with van der Waals surface area (Å²) >= 11 is 0. The van der Waals surface area contributed by atoms with Crippen LogP contribution in [-0.4, -0.2) is 26.2 Å². The van der Waals surface area contributed by atoms with Crippen LogP contribution in [0, 0.1) is 6.92 Å². The Bertz CT molecular complexity index is 292. The highest BCUT2D eigenvalue weighted by Crippen LogP contribution is 2.22. The predicted octanol–water partition coefficient (Wildman–Crippen LogP) is 1.27. The molecule has 2 heteroatoms. The third-order valence-corrected chi connectivity index (χ3v) is 3.09. The molecule has 2 nitrogen and oxygen atoms in total. The van der Waals surface area contributed by atoms with E-state index >= 15 is 0 Å². The number of rotatable bonds is 2. The van der Waals surface area contributed by atoms with E-state index in [4.69, 9.17) is 0 Å². The van der Waals surface area contributed by atoms with E-state index in [2.05, 4.69) is 41.8 Å². The molecule has 1 heterocycles. The lowest BCUT2D eigenvalue weighted by Crippen LogP contribution is -2.31. The smallest absolute Gasteiger partial charge is 0.0270 e. The van der Waals surface area contributed by atoms with Crippen LogP contribution in [0.15, 0.2) is 24.3 Å². The number of likely N-dealkylation sites (N-methyl/N-ethyl adjacent to an activating group) is 1. The van der Waals surface area contributed by atoms with Crippen molar-refractivity contribution in [2.24, 2.45) is 0 Å². The monoisotopic (exact) mass is 190 g/mol. The fourth-order valence-corrected chi connectivity index (χ4v) is 2.15. The van der Waals surface area contributed by atoms with Crippen molar-refractivity contribution in [2.45, 2.75) is 18.9 Å². The maximum Gasteiger partial charge on any atom is 0.0270 e. The second-order valence-electron chi connectivity index (χ2n) is 4.07. The fourth-order valence-electron chi connectivity index (χ4n) is 2.15. The van der Waals surface area contributed by atoms with Gasteiger partial charge in [-0.15, -0.1) is 0 Å². The summed E-state index contributed by atoms with van der Waals surface area (Å²) in [6, 6.07) is 9.47. The zero-order valence-electron chi connectivity index (χ0n) is 8.88. The zero-order chi connectivity index (χ0) is 9.97. The summed E-state index contributed by atoms with van der Waals surface area (Å²) in [4.78, 5) is 0. The van der Waals surface area contributed by atoms with Gasteiger partial charge in [-0.05, 0) is 19.5 Å². The van der Waals surface area contributed by atoms with Gasteiger partial charge in [-0.25, -0.2) is 0 Å². The molecule has 0 aromatic heterocycles. The lowest BCUT2D eigenvalue weighted by molar-refractivity contribution is 0.553. The van der Waals surface area contributed by atoms with Crippen molar-refractivity contribution >= 4 is 0 Å². The molecule has 2 atom stereocenters. The number of hydrogen-bond donors (Lipinski definition) is 2. The summed E-state index contributed by atoms with van der Waals surface area (Å²) in [5, 5.41) is 6.79. The quantitative estimate of drug-likeness (QED) is 0.734. The Morgan fingerprint density at radius 3 is 2.57 bits per heavy atom. The second-order valence-corrected chi connectivity index (χ2v) is 4.07. The van der Waals surface area contributed by atoms with Gasteiger partial charge < -0.3 is 10.6 Å². The molecule has 1 aliphatic heterocycles. The largest absolute Gasteiger partial charge is 0.315 e. The first-order valence-corrected chi connectivity index (χ1v) is 5.26. The molecule has 14 heavy (non-hydrogen) atoms. The highest BCUT2D eigenvalue weighted by molar-refractivity contribution is 5.27. The molecule has 1 aromatic rings. The van der Waals surface area contributed by atoms with E-state index in [0.717, 1.165) is 13.1 Å². The Kier molecular flexibility index (Phi) is 2.85. The molecular formula is C12H18N2. The minimum atomic E-state index is 0.581. The summed E-state index contributed by atoms with van der Waals surface area (Å²) in [7, 11) is 2.04. The maximum absolute atomic E-state index is 3.42. The van der Waals surface area contributed by atoms with Gasteiger partial charge in [-0.2, -0.15) is 0 Å². The van der Waals surface area contributed by atoms with Gasteiger partial charge in [0, 0.05) is 25.0 Å². The average molecular weight is 190 g/mol. The van der Waals surface area contributed by atoms with Gasteiger partial charge in [-0.3, -0.25) is 0 Å². The molecule has 0 radical (unpaired) electrons. The Balaban J connectivity index is 2.17. The van der Waals surface area contributed by atoms with Crippen LogP contribution >= 0.6 is 0 Å². The summed E-state index contributed by atoms with van der Waals surface area (Å²) < 4.78 is 0. The number of benzene rings is 1. The van der Waals surface area contributed by atoms with E-state index in [1.807, 2.05) is 7.05 Å². The molecule has 1 saturated heterocycles. The van der Waals surface area contributed by atoms with E-state index in [0.29, 0.717) is 12.0 Å². The van der Waals surface area contributed by atoms with Gasteiger partial charge in [-0.1, -0.05) is 29.8 Å². The Hall–Kier alpha value is -0.860. The molecule has 2 N–H and O–H groups in total. The van der Waals surface area contributed by atoms with E-state index in [1.165, 1.54) is 11.1 Å². The standard InChI is InChI=1S/C12H18N2/c1-9-3-5-10(6-4-9)11-7-14-8-12(11)13-2/h3-6,11-14H,7-8H2,1-2H3. The van der Waals surface area contributed by atoms with Crippen molar-refractivity contribution in [3.8, 4) is 0 Å². The Morgan fingerprint density at radius 1 is 1.21 bits per heavy atom.